The number of ether oxygens (including phenoxy) is 2. The van der Waals surface area contributed by atoms with Crippen molar-refractivity contribution in [2.75, 3.05) is 7.11 Å². The van der Waals surface area contributed by atoms with Gasteiger partial charge in [0.05, 0.1) is 12.7 Å². The number of hydrogen-bond donors (Lipinski definition) is 0. The van der Waals surface area contributed by atoms with E-state index in [1.165, 1.54) is 0 Å². The van der Waals surface area contributed by atoms with Crippen LogP contribution in [0, 0.1) is 0 Å². The standard InChI is InChI=1S/C21H20NO4/c1-24-20-9-7-18(8-10-20)15-25-21(23)19-11-13-22(14-12-19)26-16-17-5-3-2-4-6-17/h2-14H,15-16H2,1H3/q+1. The van der Waals surface area contributed by atoms with Crippen LogP contribution in [0.25, 0.3) is 0 Å². The summed E-state index contributed by atoms with van der Waals surface area (Å²) in [5.41, 5.74) is 2.44. The van der Waals surface area contributed by atoms with Crippen LogP contribution in [0.4, 0.5) is 0 Å². The molecular formula is C21H20NO4+. The number of nitrogens with zero attached hydrogens (tertiary/aromatic N) is 1. The molecule has 0 saturated heterocycles. The highest BCUT2D eigenvalue weighted by Crippen LogP contribution is 2.12. The van der Waals surface area contributed by atoms with Gasteiger partial charge in [0.15, 0.2) is 6.61 Å². The molecule has 26 heavy (non-hydrogen) atoms. The molecule has 0 spiro atoms. The van der Waals surface area contributed by atoms with Crippen LogP contribution in [0.15, 0.2) is 79.1 Å². The van der Waals surface area contributed by atoms with Crippen LogP contribution in [0.3, 0.4) is 0 Å². The van der Waals surface area contributed by atoms with E-state index in [1.54, 1.807) is 36.4 Å². The number of aromatic nitrogens is 1. The van der Waals surface area contributed by atoms with Gasteiger partial charge in [-0.15, -0.1) is 0 Å². The van der Waals surface area contributed by atoms with Crippen LogP contribution in [0.2, 0.25) is 0 Å². The van der Waals surface area contributed by atoms with E-state index in [1.807, 2.05) is 54.6 Å². The van der Waals surface area contributed by atoms with Gasteiger partial charge in [0, 0.05) is 16.9 Å². The summed E-state index contributed by atoms with van der Waals surface area (Å²) in [6.45, 7) is 0.662. The lowest BCUT2D eigenvalue weighted by atomic mass is 10.2. The van der Waals surface area contributed by atoms with E-state index < -0.39 is 0 Å². The van der Waals surface area contributed by atoms with Gasteiger partial charge in [-0.1, -0.05) is 42.5 Å². The zero-order valence-corrected chi connectivity index (χ0v) is 14.5. The number of pyridine rings is 1. The second-order valence-electron chi connectivity index (χ2n) is 5.63. The minimum atomic E-state index is -0.379. The first-order valence-electron chi connectivity index (χ1n) is 8.23. The SMILES string of the molecule is COc1ccc(COC(=O)c2cc[n+](OCc3ccccc3)cc2)cc1. The molecule has 0 radical (unpaired) electrons. The molecule has 0 aliphatic rings. The number of esters is 1. The second-order valence-corrected chi connectivity index (χ2v) is 5.63. The average Bonchev–Trinajstić information content (AvgIpc) is 2.72. The Bertz CT molecular complexity index is 830. The van der Waals surface area contributed by atoms with Crippen molar-refractivity contribution in [3.05, 3.63) is 95.8 Å². The molecule has 0 unspecified atom stereocenters. The Morgan fingerprint density at radius 1 is 0.846 bits per heavy atom. The van der Waals surface area contributed by atoms with Crippen LogP contribution in [0.1, 0.15) is 21.5 Å². The number of benzene rings is 2. The van der Waals surface area contributed by atoms with Crippen LogP contribution < -0.4 is 14.3 Å². The van der Waals surface area contributed by atoms with Crippen molar-refractivity contribution in [3.63, 3.8) is 0 Å². The summed E-state index contributed by atoms with van der Waals surface area (Å²) in [6.07, 6.45) is 3.37. The van der Waals surface area contributed by atoms with Gasteiger partial charge in [-0.25, -0.2) is 4.79 Å². The summed E-state index contributed by atoms with van der Waals surface area (Å²) in [6, 6.07) is 20.6. The van der Waals surface area contributed by atoms with Gasteiger partial charge in [-0.05, 0) is 23.3 Å². The van der Waals surface area contributed by atoms with E-state index in [4.69, 9.17) is 14.3 Å². The van der Waals surface area contributed by atoms with Crippen molar-refractivity contribution in [1.29, 1.82) is 0 Å². The first-order chi connectivity index (χ1) is 12.7. The molecule has 0 N–H and O–H groups in total. The van der Waals surface area contributed by atoms with Crippen LogP contribution in [-0.4, -0.2) is 13.1 Å². The Hall–Kier alpha value is -3.34. The van der Waals surface area contributed by atoms with Gasteiger partial charge in [-0.2, -0.15) is 0 Å². The molecular weight excluding hydrogens is 330 g/mol. The molecule has 5 nitrogen and oxygen atoms in total. The molecule has 0 atom stereocenters. The smallest absolute Gasteiger partial charge is 0.338 e. The van der Waals surface area contributed by atoms with Crippen molar-refractivity contribution < 1.29 is 23.8 Å². The van der Waals surface area contributed by atoms with Gasteiger partial charge < -0.3 is 9.47 Å². The van der Waals surface area contributed by atoms with E-state index in [0.29, 0.717) is 12.2 Å². The summed E-state index contributed by atoms with van der Waals surface area (Å²) in [5, 5.41) is 0. The summed E-state index contributed by atoms with van der Waals surface area (Å²) < 4.78 is 12.0. The zero-order chi connectivity index (χ0) is 18.2. The van der Waals surface area contributed by atoms with Crippen molar-refractivity contribution in [2.24, 2.45) is 0 Å². The van der Waals surface area contributed by atoms with Gasteiger partial charge in [0.1, 0.15) is 12.4 Å². The van der Waals surface area contributed by atoms with Gasteiger partial charge in [0.2, 0.25) is 12.4 Å². The lowest BCUT2D eigenvalue weighted by molar-refractivity contribution is -0.895. The third-order valence-electron chi connectivity index (χ3n) is 3.79. The number of methoxy groups -OCH3 is 1. The first-order valence-corrected chi connectivity index (χ1v) is 8.23. The minimum absolute atomic E-state index is 0.211. The molecule has 1 aromatic heterocycles. The molecule has 132 valence electrons. The van der Waals surface area contributed by atoms with Crippen molar-refractivity contribution in [2.45, 2.75) is 13.2 Å². The third kappa shape index (κ3) is 4.83. The minimum Gasteiger partial charge on any atom is -0.497 e. The van der Waals surface area contributed by atoms with Crippen LogP contribution in [-0.2, 0) is 18.0 Å². The summed E-state index contributed by atoms with van der Waals surface area (Å²) in [5.74, 6) is 0.388. The molecule has 0 aliphatic heterocycles. The Balaban J connectivity index is 1.51. The van der Waals surface area contributed by atoms with E-state index in [-0.39, 0.29) is 12.6 Å². The van der Waals surface area contributed by atoms with Gasteiger partial charge in [0.25, 0.3) is 0 Å². The molecule has 3 aromatic rings. The lowest BCUT2D eigenvalue weighted by Gasteiger charge is -2.05. The highest BCUT2D eigenvalue weighted by Gasteiger charge is 2.11. The summed E-state index contributed by atoms with van der Waals surface area (Å²) in [4.78, 5) is 17.8. The van der Waals surface area contributed by atoms with Crippen molar-refractivity contribution >= 4 is 5.97 Å². The maximum Gasteiger partial charge on any atom is 0.338 e. The van der Waals surface area contributed by atoms with Crippen molar-refractivity contribution in [3.8, 4) is 5.75 Å². The van der Waals surface area contributed by atoms with E-state index in [2.05, 4.69) is 0 Å². The Morgan fingerprint density at radius 2 is 1.50 bits per heavy atom. The number of carbonyl (C=O) groups excluding carboxylic acids is 1. The first kappa shape index (κ1) is 17.5. The topological polar surface area (TPSA) is 48.6 Å². The van der Waals surface area contributed by atoms with Gasteiger partial charge >= 0.3 is 5.97 Å². The normalized spacial score (nSPS) is 10.2. The molecule has 1 heterocycles. The number of carbonyl (C=O) groups is 1. The lowest BCUT2D eigenvalue weighted by Crippen LogP contribution is -2.41. The molecule has 2 aromatic carbocycles. The number of rotatable bonds is 7. The Morgan fingerprint density at radius 3 is 2.15 bits per heavy atom. The highest BCUT2D eigenvalue weighted by molar-refractivity contribution is 5.88. The average molecular weight is 350 g/mol. The fraction of sp³-hybridized carbons (Fsp3) is 0.143. The predicted octanol–water partition coefficient (Wildman–Crippen LogP) is 2.97. The number of hydrogen-bond acceptors (Lipinski definition) is 4. The maximum atomic E-state index is 12.1. The summed E-state index contributed by atoms with van der Waals surface area (Å²) >= 11 is 0. The van der Waals surface area contributed by atoms with E-state index >= 15 is 0 Å². The fourth-order valence-corrected chi connectivity index (χ4v) is 2.31. The molecule has 0 amide bonds. The van der Waals surface area contributed by atoms with E-state index in [0.717, 1.165) is 16.9 Å². The monoisotopic (exact) mass is 350 g/mol. The summed E-state index contributed by atoms with van der Waals surface area (Å²) in [7, 11) is 1.61. The zero-order valence-electron chi connectivity index (χ0n) is 14.5. The second kappa shape index (κ2) is 8.67. The predicted molar refractivity (Wildman–Crippen MR) is 95.5 cm³/mol. The molecule has 0 bridgehead atoms. The quantitative estimate of drug-likeness (QED) is 0.486. The molecule has 0 aliphatic carbocycles. The van der Waals surface area contributed by atoms with Crippen LogP contribution >= 0.6 is 0 Å². The highest BCUT2D eigenvalue weighted by atomic mass is 16.7. The van der Waals surface area contributed by atoms with E-state index in [9.17, 15) is 4.79 Å². The Kier molecular flexibility index (Phi) is 5.83. The van der Waals surface area contributed by atoms with Gasteiger partial charge in [-0.3, -0.25) is 4.84 Å². The van der Waals surface area contributed by atoms with Crippen LogP contribution in [0.5, 0.6) is 5.75 Å². The molecule has 5 heteroatoms. The largest absolute Gasteiger partial charge is 0.497 e. The molecule has 3 rings (SSSR count). The van der Waals surface area contributed by atoms with Crippen molar-refractivity contribution in [1.82, 2.24) is 0 Å². The third-order valence-corrected chi connectivity index (χ3v) is 3.79. The molecule has 0 saturated carbocycles. The fourth-order valence-electron chi connectivity index (χ4n) is 2.31. The molecule has 0 fully saturated rings. The Labute approximate surface area is 152 Å². The maximum absolute atomic E-state index is 12.1.